The van der Waals surface area contributed by atoms with Crippen LogP contribution in [0.3, 0.4) is 0 Å². The smallest absolute Gasteiger partial charge is 0.338 e. The number of benzene rings is 3. The highest BCUT2D eigenvalue weighted by atomic mass is 127. The van der Waals surface area contributed by atoms with Gasteiger partial charge in [-0.15, -0.1) is 0 Å². The molecule has 2 heterocycles. The highest BCUT2D eigenvalue weighted by Crippen LogP contribution is 2.41. The molecule has 0 radical (unpaired) electrons. The molecule has 262 valence electrons. The first-order chi connectivity index (χ1) is 24.0. The quantitative estimate of drug-likeness (QED) is 0.126. The average Bonchev–Trinajstić information content (AvgIpc) is 3.40. The van der Waals surface area contributed by atoms with E-state index in [4.69, 9.17) is 28.4 Å². The number of ether oxygens (including phenoxy) is 6. The molecule has 0 N–H and O–H groups in total. The molecule has 50 heavy (non-hydrogen) atoms. The van der Waals surface area contributed by atoms with Crippen molar-refractivity contribution in [2.75, 3.05) is 34.5 Å². The van der Waals surface area contributed by atoms with Crippen molar-refractivity contribution in [2.45, 2.75) is 33.4 Å². The molecule has 1 aliphatic heterocycles. The van der Waals surface area contributed by atoms with Crippen molar-refractivity contribution in [3.63, 3.8) is 0 Å². The zero-order valence-corrected chi connectivity index (χ0v) is 32.7. The van der Waals surface area contributed by atoms with Crippen molar-refractivity contribution in [3.05, 3.63) is 110 Å². The van der Waals surface area contributed by atoms with Crippen LogP contribution in [0.5, 0.6) is 23.0 Å². The number of aromatic nitrogens is 1. The van der Waals surface area contributed by atoms with Gasteiger partial charge in [-0.25, -0.2) is 14.6 Å². The summed E-state index contributed by atoms with van der Waals surface area (Å²) in [6.07, 6.45) is 1.76. The first-order valence-corrected chi connectivity index (χ1v) is 18.1. The average molecular weight is 878 g/mol. The van der Waals surface area contributed by atoms with E-state index in [1.165, 1.54) is 30.1 Å². The van der Waals surface area contributed by atoms with E-state index >= 15 is 0 Å². The van der Waals surface area contributed by atoms with Crippen molar-refractivity contribution >= 4 is 67.9 Å². The van der Waals surface area contributed by atoms with Crippen LogP contribution in [0.4, 0.5) is 0 Å². The molecule has 0 amide bonds. The van der Waals surface area contributed by atoms with Gasteiger partial charge in [-0.1, -0.05) is 39.4 Å². The van der Waals surface area contributed by atoms with E-state index in [9.17, 15) is 14.4 Å². The highest BCUT2D eigenvalue weighted by Gasteiger charge is 2.35. The third-order valence-electron chi connectivity index (χ3n) is 7.71. The lowest BCUT2D eigenvalue weighted by molar-refractivity contribution is -0.139. The van der Waals surface area contributed by atoms with Gasteiger partial charge < -0.3 is 28.4 Å². The van der Waals surface area contributed by atoms with Gasteiger partial charge in [-0.3, -0.25) is 9.36 Å². The molecule has 14 heteroatoms. The number of nitrogens with zero attached hydrogens (tertiary/aromatic N) is 2. The molecule has 11 nitrogen and oxygen atoms in total. The predicted molar refractivity (Wildman–Crippen MR) is 200 cm³/mol. The molecule has 1 aromatic heterocycles. The Morgan fingerprint density at radius 3 is 2.22 bits per heavy atom. The second-order valence-electron chi connectivity index (χ2n) is 10.8. The molecule has 3 aromatic carbocycles. The first-order valence-electron chi connectivity index (χ1n) is 15.4. The molecular weight excluding hydrogens is 843 g/mol. The normalized spacial score (nSPS) is 14.1. The molecule has 0 spiro atoms. The molecule has 0 aliphatic carbocycles. The van der Waals surface area contributed by atoms with Crippen LogP contribution in [-0.2, 0) is 20.9 Å². The second-order valence-corrected chi connectivity index (χ2v) is 13.8. The van der Waals surface area contributed by atoms with Gasteiger partial charge in [0.05, 0.1) is 65.5 Å². The topological polar surface area (TPSA) is 124 Å². The fraction of sp³-hybridized carbons (Fsp3) is 0.278. The van der Waals surface area contributed by atoms with Crippen LogP contribution in [-0.4, -0.2) is 51.0 Å². The SMILES string of the molecule is CCOC(=O)C1=C(C)N=c2s/c(=C\c3cc(I)c(OCc4ccc(C(=O)OCC)cc4)c(OC)c3)c(=O)n2[C@H]1c1cc(OC)c(OC)cc1Br. The molecule has 1 aliphatic rings. The number of hydrogen-bond donors (Lipinski definition) is 0. The Hall–Kier alpha value is -4.15. The number of carbonyl (C=O) groups excluding carboxylic acids is 2. The molecule has 0 fully saturated rings. The van der Waals surface area contributed by atoms with Gasteiger partial charge in [0.25, 0.3) is 5.56 Å². The summed E-state index contributed by atoms with van der Waals surface area (Å²) in [7, 11) is 4.60. The fourth-order valence-corrected chi connectivity index (χ4v) is 7.75. The maximum Gasteiger partial charge on any atom is 0.338 e. The number of methoxy groups -OCH3 is 3. The van der Waals surface area contributed by atoms with Crippen molar-refractivity contribution < 1.29 is 38.0 Å². The largest absolute Gasteiger partial charge is 0.493 e. The Morgan fingerprint density at radius 1 is 0.940 bits per heavy atom. The van der Waals surface area contributed by atoms with Crippen molar-refractivity contribution in [2.24, 2.45) is 4.99 Å². The Bertz CT molecular complexity index is 2160. The van der Waals surface area contributed by atoms with E-state index < -0.39 is 12.0 Å². The lowest BCUT2D eigenvalue weighted by Crippen LogP contribution is -2.40. The Labute approximate surface area is 314 Å². The first kappa shape index (κ1) is 37.1. The van der Waals surface area contributed by atoms with Gasteiger partial charge in [-0.05, 0) is 103 Å². The Kier molecular flexibility index (Phi) is 12.1. The van der Waals surface area contributed by atoms with Gasteiger partial charge >= 0.3 is 11.9 Å². The minimum atomic E-state index is -0.863. The van der Waals surface area contributed by atoms with Crippen LogP contribution in [0.25, 0.3) is 6.08 Å². The maximum atomic E-state index is 14.2. The summed E-state index contributed by atoms with van der Waals surface area (Å²) in [5.74, 6) is 0.985. The lowest BCUT2D eigenvalue weighted by Gasteiger charge is -2.26. The standard InChI is InChI=1S/C36H34BrIN2O9S/c1-7-47-34(42)22-11-9-20(10-12-22)18-49-32-25(38)13-21(14-28(32)46-6)15-29-33(41)40-31(23-16-26(44-4)27(45-5)17-24(23)37)30(35(43)48-8-2)19(3)39-36(40)50-29/h9-17,31H,7-8,18H2,1-6H3/b29-15-/t31-/m0/s1. The Morgan fingerprint density at radius 2 is 1.58 bits per heavy atom. The number of hydrogen-bond acceptors (Lipinski definition) is 11. The third kappa shape index (κ3) is 7.61. The molecular formula is C36H34BrIN2O9S. The van der Waals surface area contributed by atoms with Gasteiger partial charge in [0, 0.05) is 4.47 Å². The number of halogens is 2. The van der Waals surface area contributed by atoms with Gasteiger partial charge in [0.15, 0.2) is 27.8 Å². The Balaban J connectivity index is 1.54. The molecule has 5 rings (SSSR count). The van der Waals surface area contributed by atoms with Gasteiger partial charge in [0.2, 0.25) is 0 Å². The number of allylic oxidation sites excluding steroid dienone is 1. The van der Waals surface area contributed by atoms with E-state index in [2.05, 4.69) is 43.5 Å². The minimum absolute atomic E-state index is 0.155. The van der Waals surface area contributed by atoms with E-state index in [0.29, 0.717) is 65.8 Å². The van der Waals surface area contributed by atoms with Crippen LogP contribution in [0.2, 0.25) is 0 Å². The van der Waals surface area contributed by atoms with Crippen molar-refractivity contribution in [1.29, 1.82) is 0 Å². The lowest BCUT2D eigenvalue weighted by atomic mass is 9.95. The zero-order valence-electron chi connectivity index (χ0n) is 28.1. The van der Waals surface area contributed by atoms with Crippen LogP contribution in [0.1, 0.15) is 53.9 Å². The third-order valence-corrected chi connectivity index (χ3v) is 10.2. The molecule has 1 atom stereocenters. The summed E-state index contributed by atoms with van der Waals surface area (Å²) in [5, 5.41) is 0. The summed E-state index contributed by atoms with van der Waals surface area (Å²) in [4.78, 5) is 44.7. The monoisotopic (exact) mass is 876 g/mol. The summed E-state index contributed by atoms with van der Waals surface area (Å²) in [6.45, 7) is 5.91. The van der Waals surface area contributed by atoms with E-state index in [0.717, 1.165) is 9.13 Å². The number of esters is 2. The zero-order chi connectivity index (χ0) is 36.1. The summed E-state index contributed by atoms with van der Waals surface area (Å²) in [5.41, 5.74) is 2.97. The number of fused-ring (bicyclic) bond motifs is 1. The minimum Gasteiger partial charge on any atom is -0.493 e. The molecule has 0 saturated carbocycles. The van der Waals surface area contributed by atoms with E-state index in [1.54, 1.807) is 64.3 Å². The van der Waals surface area contributed by atoms with Crippen LogP contribution in [0.15, 0.2) is 74.1 Å². The van der Waals surface area contributed by atoms with Crippen LogP contribution >= 0.6 is 49.9 Å². The summed E-state index contributed by atoms with van der Waals surface area (Å²) < 4.78 is 36.6. The molecule has 0 saturated heterocycles. The van der Waals surface area contributed by atoms with Gasteiger partial charge in [-0.2, -0.15) is 0 Å². The molecule has 0 bridgehead atoms. The van der Waals surface area contributed by atoms with Crippen molar-refractivity contribution in [3.8, 4) is 23.0 Å². The van der Waals surface area contributed by atoms with Gasteiger partial charge in [0.1, 0.15) is 6.61 Å². The number of rotatable bonds is 12. The summed E-state index contributed by atoms with van der Waals surface area (Å²) in [6, 6.07) is 13.3. The van der Waals surface area contributed by atoms with Crippen molar-refractivity contribution in [1.82, 2.24) is 4.57 Å². The predicted octanol–water partition coefficient (Wildman–Crippen LogP) is 5.95. The number of thiazole rings is 1. The van der Waals surface area contributed by atoms with E-state index in [-0.39, 0.29) is 30.3 Å². The second kappa shape index (κ2) is 16.2. The number of carbonyl (C=O) groups is 2. The maximum absolute atomic E-state index is 14.2. The van der Waals surface area contributed by atoms with E-state index in [1.807, 2.05) is 18.2 Å². The molecule has 4 aromatic rings. The highest BCUT2D eigenvalue weighted by molar-refractivity contribution is 14.1. The van der Waals surface area contributed by atoms with Crippen LogP contribution in [0, 0.1) is 3.57 Å². The fourth-order valence-electron chi connectivity index (χ4n) is 5.39. The summed E-state index contributed by atoms with van der Waals surface area (Å²) >= 11 is 7.00. The van der Waals surface area contributed by atoms with Crippen LogP contribution < -0.4 is 33.8 Å². The molecule has 0 unspecified atom stereocenters.